The lowest BCUT2D eigenvalue weighted by Gasteiger charge is -2.06. The summed E-state index contributed by atoms with van der Waals surface area (Å²) in [5.41, 5.74) is 2.39. The third kappa shape index (κ3) is 2.66. The van der Waals surface area contributed by atoms with Gasteiger partial charge in [0.2, 0.25) is 0 Å². The Kier molecular flexibility index (Phi) is 3.79. The van der Waals surface area contributed by atoms with Crippen LogP contribution >= 0.6 is 27.5 Å². The number of aryl methyl sites for hydroxylation is 2. The maximum atomic E-state index is 13.5. The highest BCUT2D eigenvalue weighted by molar-refractivity contribution is 9.10. The lowest BCUT2D eigenvalue weighted by Crippen LogP contribution is -1.99. The standard InChI is InChI=1S/C11H10BrClFN3/c1-7-4-9(12)10(14)5-11(7)17-6-8(2-3-13)15-16-17/h4-6H,2-3H2,1H3. The first-order valence-electron chi connectivity index (χ1n) is 5.05. The van der Waals surface area contributed by atoms with Gasteiger partial charge in [0, 0.05) is 18.4 Å². The van der Waals surface area contributed by atoms with E-state index < -0.39 is 0 Å². The van der Waals surface area contributed by atoms with Gasteiger partial charge in [-0.2, -0.15) is 0 Å². The highest BCUT2D eigenvalue weighted by Crippen LogP contribution is 2.22. The van der Waals surface area contributed by atoms with Gasteiger partial charge in [-0.05, 0) is 34.5 Å². The highest BCUT2D eigenvalue weighted by Gasteiger charge is 2.09. The van der Waals surface area contributed by atoms with Crippen LogP contribution in [0.1, 0.15) is 11.3 Å². The molecular formula is C11H10BrClFN3. The normalized spacial score (nSPS) is 10.8. The molecule has 3 nitrogen and oxygen atoms in total. The molecule has 0 aliphatic rings. The Hall–Kier alpha value is -0.940. The van der Waals surface area contributed by atoms with Gasteiger partial charge >= 0.3 is 0 Å². The van der Waals surface area contributed by atoms with Gasteiger partial charge in [0.1, 0.15) is 5.82 Å². The molecule has 0 fully saturated rings. The van der Waals surface area contributed by atoms with Gasteiger partial charge in [-0.1, -0.05) is 5.21 Å². The average Bonchev–Trinajstić information content (AvgIpc) is 2.72. The summed E-state index contributed by atoms with van der Waals surface area (Å²) in [6, 6.07) is 3.14. The zero-order valence-electron chi connectivity index (χ0n) is 9.12. The fourth-order valence-corrected chi connectivity index (χ4v) is 2.16. The molecule has 0 amide bonds. The number of hydrogen-bond acceptors (Lipinski definition) is 2. The Balaban J connectivity index is 2.41. The van der Waals surface area contributed by atoms with Gasteiger partial charge in [-0.25, -0.2) is 9.07 Å². The second-order valence-electron chi connectivity index (χ2n) is 3.65. The van der Waals surface area contributed by atoms with Gasteiger partial charge in [-0.3, -0.25) is 0 Å². The minimum atomic E-state index is -0.319. The van der Waals surface area contributed by atoms with Gasteiger partial charge in [0.05, 0.1) is 22.1 Å². The highest BCUT2D eigenvalue weighted by atomic mass is 79.9. The van der Waals surface area contributed by atoms with E-state index in [1.54, 1.807) is 16.9 Å². The Bertz CT molecular complexity index is 542. The van der Waals surface area contributed by atoms with Crippen LogP contribution < -0.4 is 0 Å². The number of nitrogens with zero attached hydrogens (tertiary/aromatic N) is 3. The van der Waals surface area contributed by atoms with Crippen LogP contribution in [-0.2, 0) is 6.42 Å². The first kappa shape index (κ1) is 12.5. The zero-order chi connectivity index (χ0) is 12.4. The number of halogens is 3. The molecule has 0 aliphatic heterocycles. The fraction of sp³-hybridized carbons (Fsp3) is 0.273. The van der Waals surface area contributed by atoms with E-state index in [0.29, 0.717) is 22.5 Å². The molecule has 1 heterocycles. The van der Waals surface area contributed by atoms with E-state index in [1.165, 1.54) is 6.07 Å². The molecule has 0 unspecified atom stereocenters. The summed E-state index contributed by atoms with van der Waals surface area (Å²) in [7, 11) is 0. The molecule has 2 rings (SSSR count). The van der Waals surface area contributed by atoms with Crippen LogP contribution in [0.5, 0.6) is 0 Å². The summed E-state index contributed by atoms with van der Waals surface area (Å²) in [6.07, 6.45) is 2.41. The molecule has 6 heteroatoms. The Morgan fingerprint density at radius 2 is 2.24 bits per heavy atom. The summed E-state index contributed by atoms with van der Waals surface area (Å²) in [4.78, 5) is 0. The van der Waals surface area contributed by atoms with Crippen molar-refractivity contribution in [3.63, 3.8) is 0 Å². The average molecular weight is 319 g/mol. The molecular weight excluding hydrogens is 308 g/mol. The molecule has 0 saturated carbocycles. The first-order valence-corrected chi connectivity index (χ1v) is 6.38. The minimum absolute atomic E-state index is 0.319. The number of rotatable bonds is 3. The molecule has 0 radical (unpaired) electrons. The minimum Gasteiger partial charge on any atom is -0.220 e. The van der Waals surface area contributed by atoms with Crippen LogP contribution in [0.3, 0.4) is 0 Å². The molecule has 0 saturated heterocycles. The number of alkyl halides is 1. The van der Waals surface area contributed by atoms with Crippen LogP contribution in [0.2, 0.25) is 0 Å². The Morgan fingerprint density at radius 1 is 1.47 bits per heavy atom. The van der Waals surface area contributed by atoms with Crippen molar-refractivity contribution in [1.82, 2.24) is 15.0 Å². The maximum Gasteiger partial charge on any atom is 0.139 e. The van der Waals surface area contributed by atoms with Gasteiger partial charge in [-0.15, -0.1) is 16.7 Å². The lowest BCUT2D eigenvalue weighted by atomic mass is 10.2. The van der Waals surface area contributed by atoms with Crippen molar-refractivity contribution in [1.29, 1.82) is 0 Å². The summed E-state index contributed by atoms with van der Waals surface area (Å²) in [5.74, 6) is 0.173. The third-order valence-electron chi connectivity index (χ3n) is 2.38. The summed E-state index contributed by atoms with van der Waals surface area (Å²) in [6.45, 7) is 1.89. The number of hydrogen-bond donors (Lipinski definition) is 0. The maximum absolute atomic E-state index is 13.5. The van der Waals surface area contributed by atoms with E-state index in [2.05, 4.69) is 26.2 Å². The van der Waals surface area contributed by atoms with Crippen molar-refractivity contribution in [3.05, 3.63) is 39.9 Å². The monoisotopic (exact) mass is 317 g/mol. The van der Waals surface area contributed by atoms with Crippen molar-refractivity contribution >= 4 is 27.5 Å². The zero-order valence-corrected chi connectivity index (χ0v) is 11.5. The van der Waals surface area contributed by atoms with Gasteiger partial charge < -0.3 is 0 Å². The van der Waals surface area contributed by atoms with Crippen molar-refractivity contribution in [2.24, 2.45) is 0 Å². The SMILES string of the molecule is Cc1cc(Br)c(F)cc1-n1cc(CCCl)nn1. The molecule has 0 aliphatic carbocycles. The molecule has 2 aromatic rings. The number of aromatic nitrogens is 3. The van der Waals surface area contributed by atoms with Crippen molar-refractivity contribution < 1.29 is 4.39 Å². The van der Waals surface area contributed by atoms with Crippen LogP contribution in [0.4, 0.5) is 4.39 Å². The molecule has 1 aromatic carbocycles. The van der Waals surface area contributed by atoms with E-state index in [4.69, 9.17) is 11.6 Å². The Morgan fingerprint density at radius 3 is 2.94 bits per heavy atom. The van der Waals surface area contributed by atoms with Crippen LogP contribution in [0, 0.1) is 12.7 Å². The molecule has 0 N–H and O–H groups in total. The van der Waals surface area contributed by atoms with Gasteiger partial charge in [0.25, 0.3) is 0 Å². The van der Waals surface area contributed by atoms with Crippen LogP contribution in [-0.4, -0.2) is 20.9 Å². The van der Waals surface area contributed by atoms with E-state index in [1.807, 2.05) is 6.92 Å². The van der Waals surface area contributed by atoms with Crippen molar-refractivity contribution in [2.75, 3.05) is 5.88 Å². The van der Waals surface area contributed by atoms with Crippen LogP contribution in [0.25, 0.3) is 5.69 Å². The second kappa shape index (κ2) is 5.14. The smallest absolute Gasteiger partial charge is 0.139 e. The van der Waals surface area contributed by atoms with E-state index in [0.717, 1.165) is 11.3 Å². The molecule has 0 spiro atoms. The fourth-order valence-electron chi connectivity index (χ4n) is 1.51. The summed E-state index contributed by atoms with van der Waals surface area (Å²) in [5, 5.41) is 7.93. The predicted octanol–water partition coefficient (Wildman–Crippen LogP) is 3.26. The molecule has 90 valence electrons. The predicted molar refractivity (Wildman–Crippen MR) is 68.2 cm³/mol. The first-order chi connectivity index (χ1) is 8.11. The summed E-state index contributed by atoms with van der Waals surface area (Å²) < 4.78 is 15.5. The molecule has 1 aromatic heterocycles. The second-order valence-corrected chi connectivity index (χ2v) is 4.88. The van der Waals surface area contributed by atoms with Gasteiger partial charge in [0.15, 0.2) is 0 Å². The van der Waals surface area contributed by atoms with E-state index >= 15 is 0 Å². The van der Waals surface area contributed by atoms with E-state index in [9.17, 15) is 4.39 Å². The topological polar surface area (TPSA) is 30.7 Å². The Labute approximate surface area is 112 Å². The molecule has 0 atom stereocenters. The largest absolute Gasteiger partial charge is 0.220 e. The van der Waals surface area contributed by atoms with Crippen LogP contribution in [0.15, 0.2) is 22.8 Å². The quantitative estimate of drug-likeness (QED) is 0.813. The summed E-state index contributed by atoms with van der Waals surface area (Å²) >= 11 is 8.77. The lowest BCUT2D eigenvalue weighted by molar-refractivity contribution is 0.617. The molecule has 17 heavy (non-hydrogen) atoms. The van der Waals surface area contributed by atoms with E-state index in [-0.39, 0.29) is 5.82 Å². The number of benzene rings is 1. The van der Waals surface area contributed by atoms with Crippen molar-refractivity contribution in [3.8, 4) is 5.69 Å². The molecule has 0 bridgehead atoms. The van der Waals surface area contributed by atoms with Crippen molar-refractivity contribution in [2.45, 2.75) is 13.3 Å². The third-order valence-corrected chi connectivity index (χ3v) is 3.17.